The summed E-state index contributed by atoms with van der Waals surface area (Å²) < 4.78 is 3.56. The van der Waals surface area contributed by atoms with Gasteiger partial charge in [-0.3, -0.25) is 33.8 Å². The monoisotopic (exact) mass is 1100 g/mol. The normalized spacial score (nSPS) is 19.9. The molecular weight excluding hydrogens is 1030 g/mol. The van der Waals surface area contributed by atoms with Crippen molar-refractivity contribution in [2.75, 3.05) is 87.5 Å². The van der Waals surface area contributed by atoms with E-state index in [-0.39, 0.29) is 40.9 Å². The molecule has 20 nitrogen and oxygen atoms in total. The fraction of sp³-hybridized carbons (Fsp3) is 0.410. The van der Waals surface area contributed by atoms with Crippen LogP contribution in [0.2, 0.25) is 0 Å². The molecule has 1 aliphatic carbocycles. The fourth-order valence-electron chi connectivity index (χ4n) is 13.1. The van der Waals surface area contributed by atoms with Crippen LogP contribution in [0.1, 0.15) is 101 Å². The zero-order chi connectivity index (χ0) is 56.6. The molecule has 4 N–H and O–H groups in total. The van der Waals surface area contributed by atoms with Gasteiger partial charge in [-0.25, -0.2) is 19.9 Å². The van der Waals surface area contributed by atoms with E-state index in [2.05, 4.69) is 72.1 Å². The summed E-state index contributed by atoms with van der Waals surface area (Å²) in [5.41, 5.74) is 7.42. The number of benzene rings is 2. The van der Waals surface area contributed by atoms with Crippen LogP contribution < -0.4 is 40.7 Å². The first-order valence-electron chi connectivity index (χ1n) is 28.1. The lowest BCUT2D eigenvalue weighted by atomic mass is 9.90. The summed E-state index contributed by atoms with van der Waals surface area (Å²) in [6, 6.07) is 18.9. The van der Waals surface area contributed by atoms with Crippen LogP contribution in [-0.2, 0) is 37.8 Å². The Bertz CT molecular complexity index is 3590. The number of fused-ring (bicyclic) bond motifs is 4. The van der Waals surface area contributed by atoms with E-state index in [9.17, 15) is 34.2 Å². The maximum absolute atomic E-state index is 14.1. The number of rotatable bonds is 12. The van der Waals surface area contributed by atoms with E-state index in [4.69, 9.17) is 4.98 Å². The molecule has 0 unspecified atom stereocenters. The summed E-state index contributed by atoms with van der Waals surface area (Å²) in [6.45, 7) is 18.0. The molecule has 9 heterocycles. The van der Waals surface area contributed by atoms with Gasteiger partial charge in [0, 0.05) is 119 Å². The van der Waals surface area contributed by atoms with E-state index in [1.165, 1.54) is 26.8 Å². The zero-order valence-electron chi connectivity index (χ0n) is 46.6. The molecule has 5 aliphatic heterocycles. The van der Waals surface area contributed by atoms with Gasteiger partial charge in [-0.15, -0.1) is 0 Å². The summed E-state index contributed by atoms with van der Waals surface area (Å²) in [6.07, 6.45) is 10.9. The van der Waals surface area contributed by atoms with E-state index in [1.807, 2.05) is 43.3 Å². The highest BCUT2D eigenvalue weighted by Crippen LogP contribution is 2.41. The predicted octanol–water partition coefficient (Wildman–Crippen LogP) is 6.52. The van der Waals surface area contributed by atoms with Gasteiger partial charge in [0.1, 0.15) is 17.3 Å². The number of carbonyl (C=O) groups is 4. The van der Waals surface area contributed by atoms with Crippen molar-refractivity contribution in [2.45, 2.75) is 97.1 Å². The van der Waals surface area contributed by atoms with Crippen LogP contribution >= 0.6 is 0 Å². The Balaban J connectivity index is 0.701. The molecule has 1 atom stereocenters. The molecule has 420 valence electrons. The second kappa shape index (κ2) is 20.7. The lowest BCUT2D eigenvalue weighted by molar-refractivity contribution is -0.111. The molecule has 2 aromatic carbocycles. The standard InChI is InChI=1S/C61H69N13O7/c1-7-53(76)65-47-29-39(64-54-59(80)67(6)35-48(66-54)43-14-19-62-55(46(43)36-75)73-27-26-72-50(58(73)79)28-38-31-60(3,4)32-51(38)72)8-12-49(47)71-25-24-70(34-37(71)2)40-15-20-68(21-16-40)41-9-11-44-45(30-41)57(78)74(56(44)77)42-10-13-52(63-33-42)69-22-17-61(5,81)18-23-69/h7-14,19,28-30,33,35,37,40,75,81H,1,15-18,20-27,31-32,34,36H2,2-6H3,(H,64,66)(H,65,76)/t37-/m0/s1. The van der Waals surface area contributed by atoms with Gasteiger partial charge in [0.2, 0.25) is 5.91 Å². The number of piperazine rings is 1. The molecule has 4 amide bonds. The van der Waals surface area contributed by atoms with Gasteiger partial charge >= 0.3 is 0 Å². The van der Waals surface area contributed by atoms with Crippen molar-refractivity contribution in [3.63, 3.8) is 0 Å². The number of anilines is 8. The van der Waals surface area contributed by atoms with E-state index in [0.717, 1.165) is 69.1 Å². The first-order chi connectivity index (χ1) is 38.9. The van der Waals surface area contributed by atoms with Gasteiger partial charge in [-0.05, 0) is 130 Å². The molecule has 12 rings (SSSR count). The number of hydrogen-bond donors (Lipinski definition) is 4. The van der Waals surface area contributed by atoms with Crippen LogP contribution in [0.3, 0.4) is 0 Å². The van der Waals surface area contributed by atoms with Gasteiger partial charge < -0.3 is 44.7 Å². The molecule has 3 fully saturated rings. The number of carbonyl (C=O) groups excluding carboxylic acids is 4. The molecule has 6 aliphatic rings. The molecule has 3 saturated heterocycles. The Morgan fingerprint density at radius 3 is 2.31 bits per heavy atom. The molecule has 0 spiro atoms. The number of aromatic nitrogens is 5. The first-order valence-corrected chi connectivity index (χ1v) is 28.1. The molecule has 0 radical (unpaired) electrons. The molecule has 0 saturated carbocycles. The predicted molar refractivity (Wildman–Crippen MR) is 312 cm³/mol. The number of aryl methyl sites for hydroxylation is 1. The minimum absolute atomic E-state index is 0.0240. The number of aliphatic hydroxyl groups excluding tert-OH is 1. The van der Waals surface area contributed by atoms with Crippen LogP contribution in [0.25, 0.3) is 11.3 Å². The second-order valence-corrected chi connectivity index (χ2v) is 23.7. The van der Waals surface area contributed by atoms with Crippen molar-refractivity contribution in [3.05, 3.63) is 136 Å². The lowest BCUT2D eigenvalue weighted by Crippen LogP contribution is -2.57. The van der Waals surface area contributed by atoms with Crippen LogP contribution in [0.5, 0.6) is 0 Å². The third-order valence-corrected chi connectivity index (χ3v) is 17.5. The van der Waals surface area contributed by atoms with Gasteiger partial charge in [0.15, 0.2) is 5.82 Å². The van der Waals surface area contributed by atoms with E-state index >= 15 is 0 Å². The summed E-state index contributed by atoms with van der Waals surface area (Å²) in [4.78, 5) is 94.4. The largest absolute Gasteiger partial charge is 0.392 e. The van der Waals surface area contributed by atoms with Crippen LogP contribution in [0.15, 0.2) is 96.7 Å². The van der Waals surface area contributed by atoms with Gasteiger partial charge in [-0.1, -0.05) is 20.4 Å². The molecule has 6 aromatic rings. The quantitative estimate of drug-likeness (QED) is 0.0758. The highest BCUT2D eigenvalue weighted by molar-refractivity contribution is 6.34. The highest BCUT2D eigenvalue weighted by Gasteiger charge is 2.40. The fourth-order valence-corrected chi connectivity index (χ4v) is 13.1. The smallest absolute Gasteiger partial charge is 0.293 e. The number of aliphatic hydroxyl groups is 2. The molecule has 0 bridgehead atoms. The Hall–Kier alpha value is -8.20. The summed E-state index contributed by atoms with van der Waals surface area (Å²) >= 11 is 0. The molecular formula is C61H69N13O7. The average molecular weight is 1100 g/mol. The van der Waals surface area contributed by atoms with Crippen molar-refractivity contribution in [2.24, 2.45) is 12.5 Å². The number of nitrogens with one attached hydrogen (secondary N) is 2. The minimum Gasteiger partial charge on any atom is -0.392 e. The number of piperidine rings is 2. The average Bonchev–Trinajstić information content (AvgIpc) is 4.30. The highest BCUT2D eigenvalue weighted by atomic mass is 16.3. The van der Waals surface area contributed by atoms with Gasteiger partial charge in [0.25, 0.3) is 23.3 Å². The Labute approximate surface area is 470 Å². The summed E-state index contributed by atoms with van der Waals surface area (Å²) in [7, 11) is 1.63. The lowest BCUT2D eigenvalue weighted by Gasteiger charge is -2.47. The number of pyridine rings is 2. The summed E-state index contributed by atoms with van der Waals surface area (Å²) in [5.74, 6) is -0.166. The number of imide groups is 1. The maximum Gasteiger partial charge on any atom is 0.293 e. The minimum atomic E-state index is -0.684. The number of nitrogens with zero attached hydrogens (tertiary/aromatic N) is 11. The second-order valence-electron chi connectivity index (χ2n) is 23.7. The Kier molecular flexibility index (Phi) is 13.7. The third-order valence-electron chi connectivity index (χ3n) is 17.5. The van der Waals surface area contributed by atoms with Crippen molar-refractivity contribution < 1.29 is 29.4 Å². The zero-order valence-corrected chi connectivity index (χ0v) is 46.6. The number of hydrogen-bond acceptors (Lipinski definition) is 15. The summed E-state index contributed by atoms with van der Waals surface area (Å²) in [5, 5.41) is 27.5. The Morgan fingerprint density at radius 2 is 1.58 bits per heavy atom. The van der Waals surface area contributed by atoms with Crippen molar-refractivity contribution in [3.8, 4) is 11.3 Å². The van der Waals surface area contributed by atoms with Crippen LogP contribution in [0, 0.1) is 5.41 Å². The van der Waals surface area contributed by atoms with Crippen molar-refractivity contribution in [1.29, 1.82) is 0 Å². The van der Waals surface area contributed by atoms with E-state index in [0.29, 0.717) is 108 Å². The van der Waals surface area contributed by atoms with Crippen molar-refractivity contribution in [1.82, 2.24) is 29.0 Å². The Morgan fingerprint density at radius 1 is 0.815 bits per heavy atom. The van der Waals surface area contributed by atoms with E-state index < -0.39 is 17.8 Å². The van der Waals surface area contributed by atoms with Gasteiger partial charge in [-0.2, -0.15) is 0 Å². The van der Waals surface area contributed by atoms with Crippen molar-refractivity contribution >= 4 is 69.5 Å². The van der Waals surface area contributed by atoms with Gasteiger partial charge in [0.05, 0.1) is 52.3 Å². The third kappa shape index (κ3) is 9.92. The van der Waals surface area contributed by atoms with E-state index in [1.54, 1.807) is 54.8 Å². The first kappa shape index (κ1) is 53.4. The SMILES string of the molecule is C=CC(=O)Nc1cc(Nc2nc(-c3ccnc(N4CCn5c(cc6c5CC(C)(C)C6)C4=O)c3CO)cn(C)c2=O)ccc1N1CCN(C2CCN(c3ccc4c(c3)C(=O)N(c3ccc(N5CCC(C)(O)CC5)nc3)C4=O)CC2)C[C@@H]1C. The topological polar surface area (TPSA) is 218 Å². The molecule has 81 heavy (non-hydrogen) atoms. The van der Waals surface area contributed by atoms with Crippen LogP contribution in [-0.4, -0.2) is 133 Å². The van der Waals surface area contributed by atoms with Crippen LogP contribution in [0.4, 0.5) is 45.9 Å². The number of amides is 4. The molecule has 20 heteroatoms. The maximum atomic E-state index is 14.1. The molecule has 4 aromatic heterocycles.